The molecule has 8 nitrogen and oxygen atoms in total. The van der Waals surface area contributed by atoms with Gasteiger partial charge in [0.1, 0.15) is 17.8 Å². The van der Waals surface area contributed by atoms with E-state index in [2.05, 4.69) is 82.2 Å². The standard InChI is InChI=1S/C49H75N3O5S/c1-10-36(18-26-50-9)57-33-48(43(53)54)21-13-35(14-22-48)38-16-19-45(6)40(44(38,4)5)17-20-47(8)41(45)12-11-39-42-37(34(2)3)15-23-49(42,25-24-46(39,47)7)51-27-28-52-29-31-58(55,56)32-30-52/h10,13,16,18,26,37,39-42,51H,2,9,11-12,14-15,17,19-25,27-33H2,1,3-8H3,(H,53,54)/b26-18-,36-10+/t37-,39+,40-,41+,42+,45-,46+,47+,48?,49-/m0/s1. The summed E-state index contributed by atoms with van der Waals surface area (Å²) in [4.78, 5) is 18.9. The predicted octanol–water partition coefficient (Wildman–Crippen LogP) is 9.57. The predicted molar refractivity (Wildman–Crippen MR) is 236 cm³/mol. The molecule has 7 aliphatic rings. The lowest BCUT2D eigenvalue weighted by Gasteiger charge is -2.72. The number of nitrogens with zero attached hydrogens (tertiary/aromatic N) is 2. The normalized spacial score (nSPS) is 42.3. The molecular formula is C49H75N3O5S. The van der Waals surface area contributed by atoms with Crippen LogP contribution < -0.4 is 5.32 Å². The Morgan fingerprint density at radius 3 is 2.36 bits per heavy atom. The number of sulfone groups is 1. The molecule has 0 spiro atoms. The van der Waals surface area contributed by atoms with Gasteiger partial charge in [-0.05, 0) is 172 Å². The van der Waals surface area contributed by atoms with E-state index in [0.29, 0.717) is 72.8 Å². The fourth-order valence-electron chi connectivity index (χ4n) is 15.1. The lowest BCUT2D eigenvalue weighted by molar-refractivity contribution is -0.221. The van der Waals surface area contributed by atoms with E-state index in [1.165, 1.54) is 68.1 Å². The molecule has 10 atom stereocenters. The SMILES string of the molecule is C=N/C=C\C(=C/C)OCC1(C(=O)O)CC=C(C2=CC[C@]3(C)[C@H]4CC[C@@H]5[C@H]6[C@H](C(=C)C)CC[C@]6(NCCN6CCS(=O)(=O)CC6)CC[C@@]5(C)[C@]4(C)CC[C@H]3C2(C)C)CC1. The molecule has 2 N–H and O–H groups in total. The van der Waals surface area contributed by atoms with E-state index >= 15 is 0 Å². The molecule has 4 saturated carbocycles. The van der Waals surface area contributed by atoms with Gasteiger partial charge in [-0.15, -0.1) is 0 Å². The summed E-state index contributed by atoms with van der Waals surface area (Å²) < 4.78 is 30.2. The highest BCUT2D eigenvalue weighted by atomic mass is 32.2. The molecule has 0 amide bonds. The Morgan fingerprint density at radius 2 is 1.72 bits per heavy atom. The molecule has 0 aromatic carbocycles. The monoisotopic (exact) mass is 818 g/mol. The van der Waals surface area contributed by atoms with Crippen molar-refractivity contribution in [2.24, 2.45) is 61.7 Å². The van der Waals surface area contributed by atoms with Crippen molar-refractivity contribution < 1.29 is 23.1 Å². The number of hydrogen-bond acceptors (Lipinski definition) is 7. The lowest BCUT2D eigenvalue weighted by Crippen LogP contribution is -2.68. The van der Waals surface area contributed by atoms with Crippen LogP contribution >= 0.6 is 0 Å². The molecule has 322 valence electrons. The van der Waals surface area contributed by atoms with Gasteiger partial charge in [-0.2, -0.15) is 0 Å². The van der Waals surface area contributed by atoms with Crippen molar-refractivity contribution in [3.8, 4) is 0 Å². The quantitative estimate of drug-likeness (QED) is 0.0875. The van der Waals surface area contributed by atoms with Crippen LogP contribution in [0.1, 0.15) is 126 Å². The van der Waals surface area contributed by atoms with Crippen LogP contribution in [0.3, 0.4) is 0 Å². The molecule has 6 aliphatic carbocycles. The van der Waals surface area contributed by atoms with Crippen molar-refractivity contribution in [1.29, 1.82) is 0 Å². The van der Waals surface area contributed by atoms with Crippen LogP contribution in [0.5, 0.6) is 0 Å². The lowest BCUT2D eigenvalue weighted by atomic mass is 9.33. The van der Waals surface area contributed by atoms with E-state index in [4.69, 9.17) is 4.74 Å². The van der Waals surface area contributed by atoms with Crippen LogP contribution in [0.15, 0.2) is 64.6 Å². The van der Waals surface area contributed by atoms with Gasteiger partial charge in [-0.25, -0.2) is 8.42 Å². The highest BCUT2D eigenvalue weighted by Crippen LogP contribution is 2.76. The summed E-state index contributed by atoms with van der Waals surface area (Å²) in [5.74, 6) is 3.43. The molecule has 0 aromatic rings. The summed E-state index contributed by atoms with van der Waals surface area (Å²) in [7, 11) is -2.87. The van der Waals surface area contributed by atoms with Gasteiger partial charge in [-0.3, -0.25) is 9.79 Å². The average Bonchev–Trinajstić information content (AvgIpc) is 3.56. The Kier molecular flexibility index (Phi) is 11.8. The van der Waals surface area contributed by atoms with Gasteiger partial charge in [0.15, 0.2) is 9.84 Å². The summed E-state index contributed by atoms with van der Waals surface area (Å²) in [6.45, 7) is 28.6. The first-order chi connectivity index (χ1) is 27.3. The molecule has 7 rings (SSSR count). The molecule has 1 heterocycles. The molecule has 1 aliphatic heterocycles. The van der Waals surface area contributed by atoms with Crippen LogP contribution in [0.25, 0.3) is 0 Å². The average molecular weight is 818 g/mol. The van der Waals surface area contributed by atoms with Crippen molar-refractivity contribution in [1.82, 2.24) is 10.2 Å². The molecule has 0 aromatic heterocycles. The maximum Gasteiger partial charge on any atom is 0.313 e. The minimum absolute atomic E-state index is 0.00107. The number of aliphatic imine (C=N–C) groups is 1. The van der Waals surface area contributed by atoms with Crippen molar-refractivity contribution in [3.05, 3.63) is 59.6 Å². The zero-order valence-corrected chi connectivity index (χ0v) is 37.8. The summed E-state index contributed by atoms with van der Waals surface area (Å²) in [5.41, 5.74) is 4.07. The van der Waals surface area contributed by atoms with Gasteiger partial charge in [0, 0.05) is 37.9 Å². The number of nitrogens with one attached hydrogen (secondary N) is 1. The van der Waals surface area contributed by atoms with E-state index in [1.807, 2.05) is 13.0 Å². The van der Waals surface area contributed by atoms with Crippen molar-refractivity contribution in [2.75, 3.05) is 44.3 Å². The first-order valence-corrected chi connectivity index (χ1v) is 24.5. The number of hydrogen-bond donors (Lipinski definition) is 2. The number of ether oxygens (including phenoxy) is 1. The van der Waals surface area contributed by atoms with Crippen LogP contribution in [-0.4, -0.2) is 80.9 Å². The van der Waals surface area contributed by atoms with E-state index in [9.17, 15) is 18.3 Å². The van der Waals surface area contributed by atoms with Crippen LogP contribution in [-0.2, 0) is 19.4 Å². The van der Waals surface area contributed by atoms with Gasteiger partial charge < -0.3 is 20.1 Å². The number of rotatable bonds is 12. The highest BCUT2D eigenvalue weighted by Gasteiger charge is 2.70. The van der Waals surface area contributed by atoms with Crippen LogP contribution in [0.2, 0.25) is 0 Å². The maximum absolute atomic E-state index is 12.8. The molecule has 1 unspecified atom stereocenters. The summed E-state index contributed by atoms with van der Waals surface area (Å²) in [6, 6.07) is 0. The molecule has 0 bridgehead atoms. The number of carboxylic acid groups (broad SMARTS) is 1. The number of carboxylic acids is 1. The Labute approximate surface area is 351 Å². The number of aliphatic carboxylic acids is 1. The van der Waals surface area contributed by atoms with Gasteiger partial charge in [0.2, 0.25) is 0 Å². The third-order valence-corrected chi connectivity index (χ3v) is 20.2. The van der Waals surface area contributed by atoms with Crippen molar-refractivity contribution in [3.63, 3.8) is 0 Å². The van der Waals surface area contributed by atoms with Crippen LogP contribution in [0.4, 0.5) is 0 Å². The largest absolute Gasteiger partial charge is 0.493 e. The van der Waals surface area contributed by atoms with Crippen molar-refractivity contribution in [2.45, 2.75) is 131 Å². The molecule has 0 radical (unpaired) electrons. The molecular weight excluding hydrogens is 743 g/mol. The summed E-state index contributed by atoms with van der Waals surface area (Å²) in [5, 5.41) is 14.7. The summed E-state index contributed by atoms with van der Waals surface area (Å²) >= 11 is 0. The number of fused-ring (bicyclic) bond motifs is 7. The first kappa shape index (κ1) is 43.6. The van der Waals surface area contributed by atoms with E-state index < -0.39 is 21.2 Å². The minimum Gasteiger partial charge on any atom is -0.493 e. The molecule has 5 fully saturated rings. The topological polar surface area (TPSA) is 108 Å². The fraction of sp³-hybridized carbons (Fsp3) is 0.755. The third-order valence-electron chi connectivity index (χ3n) is 18.5. The molecule has 1 saturated heterocycles. The zero-order chi connectivity index (χ0) is 41.9. The van der Waals surface area contributed by atoms with Gasteiger partial charge in [0.05, 0.1) is 11.5 Å². The maximum atomic E-state index is 12.8. The second-order valence-corrected chi connectivity index (χ2v) is 23.6. The smallest absolute Gasteiger partial charge is 0.313 e. The Morgan fingerprint density at radius 1 is 0.983 bits per heavy atom. The Balaban J connectivity index is 1.10. The van der Waals surface area contributed by atoms with E-state index in [1.54, 1.807) is 12.3 Å². The van der Waals surface area contributed by atoms with Gasteiger partial charge in [-0.1, -0.05) is 58.9 Å². The highest BCUT2D eigenvalue weighted by molar-refractivity contribution is 7.91. The fourth-order valence-corrected chi connectivity index (χ4v) is 16.4. The Hall–Kier alpha value is -2.49. The van der Waals surface area contributed by atoms with E-state index in [0.717, 1.165) is 25.9 Å². The molecule has 9 heteroatoms. The second-order valence-electron chi connectivity index (χ2n) is 21.3. The Bertz CT molecular complexity index is 1870. The van der Waals surface area contributed by atoms with Crippen LogP contribution in [0, 0.1) is 56.7 Å². The molecule has 58 heavy (non-hydrogen) atoms. The minimum atomic E-state index is -2.87. The zero-order valence-electron chi connectivity index (χ0n) is 37.0. The van der Waals surface area contributed by atoms with Crippen molar-refractivity contribution >= 4 is 22.5 Å². The second kappa shape index (κ2) is 15.8. The number of allylic oxidation sites excluding steroid dienone is 7. The number of carbonyl (C=O) groups is 1. The first-order valence-electron chi connectivity index (χ1n) is 22.7. The summed E-state index contributed by atoms with van der Waals surface area (Å²) in [6.07, 6.45) is 22.9. The van der Waals surface area contributed by atoms with Gasteiger partial charge in [0.25, 0.3) is 0 Å². The van der Waals surface area contributed by atoms with Gasteiger partial charge >= 0.3 is 5.97 Å². The third kappa shape index (κ3) is 7.16. The van der Waals surface area contributed by atoms with E-state index in [-0.39, 0.29) is 33.8 Å².